The third-order valence-electron chi connectivity index (χ3n) is 4.40. The Bertz CT molecular complexity index is 1010. The number of rotatable bonds is 10. The molecule has 8 nitrogen and oxygen atoms in total. The van der Waals surface area contributed by atoms with Crippen LogP contribution in [0.3, 0.4) is 0 Å². The van der Waals surface area contributed by atoms with Gasteiger partial charge in [-0.05, 0) is 37.6 Å². The van der Waals surface area contributed by atoms with Gasteiger partial charge >= 0.3 is 7.60 Å². The molecule has 3 aromatic rings. The standard InChI is InChI=1S/C21H26N3O5P/c1-5-28-30(25,29-6-2)21-20(18-14-17(26-3)12-13-19(18)27-4)22-23-24(21)15-16-10-8-7-9-11-16/h7-14H,5-6,15H2,1-4H3. The topological polar surface area (TPSA) is 84.7 Å². The van der Waals surface area contributed by atoms with Gasteiger partial charge in [-0.2, -0.15) is 0 Å². The number of nitrogens with zero attached hydrogens (tertiary/aromatic N) is 3. The first-order valence-corrected chi connectivity index (χ1v) is 11.2. The molecule has 0 aliphatic rings. The van der Waals surface area contributed by atoms with E-state index in [0.717, 1.165) is 5.56 Å². The zero-order valence-electron chi connectivity index (χ0n) is 17.6. The first-order chi connectivity index (χ1) is 14.6. The Morgan fingerprint density at radius 2 is 1.67 bits per heavy atom. The number of benzene rings is 2. The summed E-state index contributed by atoms with van der Waals surface area (Å²) in [7, 11) is -0.581. The summed E-state index contributed by atoms with van der Waals surface area (Å²) in [5, 5.41) is 8.63. The smallest absolute Gasteiger partial charge is 0.381 e. The number of ether oxygens (including phenoxy) is 2. The summed E-state index contributed by atoms with van der Waals surface area (Å²) in [6.45, 7) is 4.32. The highest BCUT2D eigenvalue weighted by Crippen LogP contribution is 2.49. The quantitative estimate of drug-likeness (QED) is 0.450. The van der Waals surface area contributed by atoms with E-state index in [-0.39, 0.29) is 18.6 Å². The second kappa shape index (κ2) is 9.89. The minimum Gasteiger partial charge on any atom is -0.497 e. The van der Waals surface area contributed by atoms with Gasteiger partial charge in [-0.3, -0.25) is 4.57 Å². The SMILES string of the molecule is CCOP(=O)(OCC)c1c(-c2cc(OC)ccc2OC)nnn1Cc1ccccc1. The minimum absolute atomic E-state index is 0.211. The maximum absolute atomic E-state index is 13.8. The van der Waals surface area contributed by atoms with Crippen LogP contribution in [-0.4, -0.2) is 42.4 Å². The lowest BCUT2D eigenvalue weighted by Crippen LogP contribution is -2.23. The van der Waals surface area contributed by atoms with E-state index in [1.54, 1.807) is 50.9 Å². The summed E-state index contributed by atoms with van der Waals surface area (Å²) < 4.78 is 37.5. The first-order valence-electron chi connectivity index (χ1n) is 9.65. The molecule has 0 saturated heterocycles. The molecule has 3 rings (SSSR count). The van der Waals surface area contributed by atoms with Crippen LogP contribution in [0.15, 0.2) is 48.5 Å². The van der Waals surface area contributed by atoms with Gasteiger partial charge in [0.15, 0.2) is 5.44 Å². The molecule has 0 aliphatic heterocycles. The zero-order valence-corrected chi connectivity index (χ0v) is 18.5. The van der Waals surface area contributed by atoms with Crippen molar-refractivity contribution in [3.05, 3.63) is 54.1 Å². The highest BCUT2D eigenvalue weighted by atomic mass is 31.2. The van der Waals surface area contributed by atoms with Crippen LogP contribution >= 0.6 is 7.60 Å². The fraction of sp³-hybridized carbons (Fsp3) is 0.333. The van der Waals surface area contributed by atoms with Crippen LogP contribution in [0.2, 0.25) is 0 Å². The lowest BCUT2D eigenvalue weighted by molar-refractivity contribution is 0.228. The number of hydrogen-bond donors (Lipinski definition) is 0. The van der Waals surface area contributed by atoms with Crippen LogP contribution < -0.4 is 14.9 Å². The monoisotopic (exact) mass is 431 g/mol. The van der Waals surface area contributed by atoms with Crippen LogP contribution in [0.5, 0.6) is 11.5 Å². The largest absolute Gasteiger partial charge is 0.497 e. The molecule has 160 valence electrons. The summed E-state index contributed by atoms with van der Waals surface area (Å²) in [4.78, 5) is 0. The lowest BCUT2D eigenvalue weighted by Gasteiger charge is -2.19. The molecule has 2 aromatic carbocycles. The predicted molar refractivity (Wildman–Crippen MR) is 115 cm³/mol. The zero-order chi connectivity index (χ0) is 21.6. The van der Waals surface area contributed by atoms with E-state index in [4.69, 9.17) is 18.5 Å². The van der Waals surface area contributed by atoms with Crippen molar-refractivity contribution in [1.29, 1.82) is 0 Å². The molecular weight excluding hydrogens is 405 g/mol. The molecular formula is C21H26N3O5P. The second-order valence-electron chi connectivity index (χ2n) is 6.30. The van der Waals surface area contributed by atoms with Gasteiger partial charge < -0.3 is 18.5 Å². The number of hydrogen-bond acceptors (Lipinski definition) is 7. The van der Waals surface area contributed by atoms with Gasteiger partial charge in [0.05, 0.1) is 39.5 Å². The molecule has 1 heterocycles. The lowest BCUT2D eigenvalue weighted by atomic mass is 10.1. The van der Waals surface area contributed by atoms with Gasteiger partial charge in [-0.15, -0.1) is 5.10 Å². The summed E-state index contributed by atoms with van der Waals surface area (Å²) in [5.74, 6) is 1.15. The molecule has 30 heavy (non-hydrogen) atoms. The molecule has 0 atom stereocenters. The van der Waals surface area contributed by atoms with Gasteiger partial charge in [-0.1, -0.05) is 35.5 Å². The molecule has 0 bridgehead atoms. The summed E-state index contributed by atoms with van der Waals surface area (Å²) >= 11 is 0. The fourth-order valence-electron chi connectivity index (χ4n) is 3.11. The molecule has 0 fully saturated rings. The third kappa shape index (κ3) is 4.56. The average Bonchev–Trinajstić information content (AvgIpc) is 3.18. The normalized spacial score (nSPS) is 11.5. The van der Waals surface area contributed by atoms with Gasteiger partial charge in [0, 0.05) is 0 Å². The highest BCUT2D eigenvalue weighted by Gasteiger charge is 2.37. The van der Waals surface area contributed by atoms with Crippen LogP contribution in [-0.2, 0) is 20.2 Å². The van der Waals surface area contributed by atoms with Crippen molar-refractivity contribution in [3.8, 4) is 22.8 Å². The van der Waals surface area contributed by atoms with E-state index >= 15 is 0 Å². The number of methoxy groups -OCH3 is 2. The van der Waals surface area contributed by atoms with Crippen molar-refractivity contribution in [2.75, 3.05) is 27.4 Å². The van der Waals surface area contributed by atoms with E-state index in [1.165, 1.54) is 0 Å². The Balaban J connectivity index is 2.23. The van der Waals surface area contributed by atoms with Crippen LogP contribution in [0, 0.1) is 0 Å². The molecule has 0 saturated carbocycles. The number of aromatic nitrogens is 3. The van der Waals surface area contributed by atoms with Crippen molar-refractivity contribution < 1.29 is 23.1 Å². The first kappa shape index (κ1) is 22.0. The molecule has 1 aromatic heterocycles. The maximum atomic E-state index is 13.8. The molecule has 0 aliphatic carbocycles. The fourth-order valence-corrected chi connectivity index (χ4v) is 4.93. The van der Waals surface area contributed by atoms with Crippen LogP contribution in [0.1, 0.15) is 19.4 Å². The summed E-state index contributed by atoms with van der Waals surface area (Å²) in [6.07, 6.45) is 0. The molecule has 0 radical (unpaired) electrons. The Morgan fingerprint density at radius 1 is 0.967 bits per heavy atom. The Kier molecular flexibility index (Phi) is 7.26. The minimum atomic E-state index is -3.71. The molecule has 0 N–H and O–H groups in total. The third-order valence-corrected chi connectivity index (χ3v) is 6.56. The van der Waals surface area contributed by atoms with Crippen molar-refractivity contribution in [1.82, 2.24) is 15.0 Å². The maximum Gasteiger partial charge on any atom is 0.381 e. The van der Waals surface area contributed by atoms with Crippen molar-refractivity contribution in [2.45, 2.75) is 20.4 Å². The van der Waals surface area contributed by atoms with E-state index in [9.17, 15) is 4.57 Å². The Hall–Kier alpha value is -2.67. The Labute approximate surface area is 176 Å². The van der Waals surface area contributed by atoms with Crippen molar-refractivity contribution in [3.63, 3.8) is 0 Å². The molecule has 0 amide bonds. The van der Waals surface area contributed by atoms with Crippen molar-refractivity contribution in [2.24, 2.45) is 0 Å². The predicted octanol–water partition coefficient (Wildman–Crippen LogP) is 3.90. The van der Waals surface area contributed by atoms with E-state index in [2.05, 4.69) is 10.3 Å². The van der Waals surface area contributed by atoms with Gasteiger partial charge in [0.2, 0.25) is 0 Å². The molecule has 0 spiro atoms. The molecule has 0 unspecified atom stereocenters. The molecule has 9 heteroatoms. The second-order valence-corrected chi connectivity index (χ2v) is 8.24. The van der Waals surface area contributed by atoms with E-state index in [1.807, 2.05) is 30.3 Å². The average molecular weight is 431 g/mol. The summed E-state index contributed by atoms with van der Waals surface area (Å²) in [5.41, 5.74) is 2.21. The van der Waals surface area contributed by atoms with E-state index in [0.29, 0.717) is 29.3 Å². The van der Waals surface area contributed by atoms with E-state index < -0.39 is 7.60 Å². The summed E-state index contributed by atoms with van der Waals surface area (Å²) in [6, 6.07) is 15.0. The highest BCUT2D eigenvalue weighted by molar-refractivity contribution is 7.62. The van der Waals surface area contributed by atoms with Crippen LogP contribution in [0.4, 0.5) is 0 Å². The van der Waals surface area contributed by atoms with Gasteiger partial charge in [0.1, 0.15) is 17.2 Å². The van der Waals surface area contributed by atoms with Crippen molar-refractivity contribution >= 4 is 13.0 Å². The van der Waals surface area contributed by atoms with Crippen LogP contribution in [0.25, 0.3) is 11.3 Å². The Morgan fingerprint density at radius 3 is 2.27 bits per heavy atom. The van der Waals surface area contributed by atoms with Gasteiger partial charge in [-0.25, -0.2) is 4.68 Å². The van der Waals surface area contributed by atoms with Gasteiger partial charge in [0.25, 0.3) is 0 Å².